The van der Waals surface area contributed by atoms with Crippen LogP contribution < -0.4 is 0 Å². The second kappa shape index (κ2) is 8.96. The van der Waals surface area contributed by atoms with Crippen molar-refractivity contribution in [3.63, 3.8) is 0 Å². The highest BCUT2D eigenvalue weighted by molar-refractivity contribution is 7.91. The van der Waals surface area contributed by atoms with Crippen molar-refractivity contribution in [2.24, 2.45) is 0 Å². The molecule has 0 N–H and O–H groups in total. The van der Waals surface area contributed by atoms with Gasteiger partial charge in [-0.3, -0.25) is 4.79 Å². The van der Waals surface area contributed by atoms with Crippen LogP contribution in [0.25, 0.3) is 0 Å². The van der Waals surface area contributed by atoms with Crippen molar-refractivity contribution in [3.05, 3.63) is 65.7 Å². The van der Waals surface area contributed by atoms with Gasteiger partial charge in [0.05, 0.1) is 16.4 Å². The minimum atomic E-state index is -3.83. The van der Waals surface area contributed by atoms with Crippen LogP contribution in [0.1, 0.15) is 30.4 Å². The molecule has 0 aromatic heterocycles. The maximum absolute atomic E-state index is 13.7. The quantitative estimate of drug-likeness (QED) is 0.638. The number of sulfone groups is 1. The summed E-state index contributed by atoms with van der Waals surface area (Å²) in [4.78, 5) is 15.5. The zero-order valence-corrected chi connectivity index (χ0v) is 19.7. The Balaban J connectivity index is 1.64. The van der Waals surface area contributed by atoms with Gasteiger partial charge in [-0.2, -0.15) is 4.31 Å². The summed E-state index contributed by atoms with van der Waals surface area (Å²) in [6.07, 6.45) is 1.39. The van der Waals surface area contributed by atoms with Gasteiger partial charge in [0.1, 0.15) is 6.04 Å². The van der Waals surface area contributed by atoms with E-state index in [1.165, 1.54) is 4.31 Å². The van der Waals surface area contributed by atoms with E-state index in [4.69, 9.17) is 0 Å². The molecule has 1 amide bonds. The molecular weight excluding hydrogens is 448 g/mol. The molecule has 2 unspecified atom stereocenters. The Morgan fingerprint density at radius 3 is 2.38 bits per heavy atom. The van der Waals surface area contributed by atoms with E-state index in [-0.39, 0.29) is 35.4 Å². The van der Waals surface area contributed by atoms with Crippen LogP contribution in [0.4, 0.5) is 0 Å². The number of amides is 1. The van der Waals surface area contributed by atoms with Gasteiger partial charge in [-0.05, 0) is 43.9 Å². The second-order valence-electron chi connectivity index (χ2n) is 8.60. The average molecular weight is 477 g/mol. The minimum absolute atomic E-state index is 0.0479. The predicted molar refractivity (Wildman–Crippen MR) is 122 cm³/mol. The standard InChI is InChI=1S/C23H28N2O5S2/c1-18-9-11-21(12-10-18)32(29,30)25-14-5-8-22(25)23(26)24(16-19-6-3-2-4-7-19)20-13-15-31(27,28)17-20/h2-4,6-7,9-12,20,22H,5,8,13-17H2,1H3. The minimum Gasteiger partial charge on any atom is -0.333 e. The van der Waals surface area contributed by atoms with Gasteiger partial charge < -0.3 is 4.90 Å². The van der Waals surface area contributed by atoms with Gasteiger partial charge >= 0.3 is 0 Å². The fraction of sp³-hybridized carbons (Fsp3) is 0.435. The van der Waals surface area contributed by atoms with E-state index in [9.17, 15) is 21.6 Å². The molecule has 2 saturated heterocycles. The summed E-state index contributed by atoms with van der Waals surface area (Å²) >= 11 is 0. The van der Waals surface area contributed by atoms with E-state index in [1.807, 2.05) is 37.3 Å². The molecule has 32 heavy (non-hydrogen) atoms. The third kappa shape index (κ3) is 4.74. The van der Waals surface area contributed by atoms with Gasteiger partial charge in [0.2, 0.25) is 15.9 Å². The van der Waals surface area contributed by atoms with Crippen LogP contribution in [0.15, 0.2) is 59.5 Å². The molecule has 2 aliphatic heterocycles. The summed E-state index contributed by atoms with van der Waals surface area (Å²) in [6.45, 7) is 2.42. The Kier molecular flexibility index (Phi) is 6.42. The van der Waals surface area contributed by atoms with Gasteiger partial charge in [-0.1, -0.05) is 48.0 Å². The van der Waals surface area contributed by atoms with Gasteiger partial charge in [-0.25, -0.2) is 16.8 Å². The molecule has 2 aromatic carbocycles. The topological polar surface area (TPSA) is 91.8 Å². The van der Waals surface area contributed by atoms with E-state index in [0.717, 1.165) is 11.1 Å². The predicted octanol–water partition coefficient (Wildman–Crippen LogP) is 2.36. The maximum atomic E-state index is 13.7. The molecule has 0 aliphatic carbocycles. The number of carbonyl (C=O) groups excluding carboxylic acids is 1. The highest BCUT2D eigenvalue weighted by Crippen LogP contribution is 2.30. The second-order valence-corrected chi connectivity index (χ2v) is 12.7. The largest absolute Gasteiger partial charge is 0.333 e. The summed E-state index contributed by atoms with van der Waals surface area (Å²) in [5, 5.41) is 0. The Morgan fingerprint density at radius 1 is 1.06 bits per heavy atom. The normalized spacial score (nSPS) is 23.3. The highest BCUT2D eigenvalue weighted by atomic mass is 32.2. The number of hydrogen-bond donors (Lipinski definition) is 0. The molecule has 2 atom stereocenters. The number of nitrogens with zero attached hydrogens (tertiary/aromatic N) is 2. The summed E-state index contributed by atoms with van der Waals surface area (Å²) in [5.41, 5.74) is 1.84. The fourth-order valence-electron chi connectivity index (χ4n) is 4.50. The van der Waals surface area contributed by atoms with E-state index in [2.05, 4.69) is 0 Å². The molecule has 2 heterocycles. The number of sulfonamides is 1. The first kappa shape index (κ1) is 22.9. The molecule has 2 aromatic rings. The van der Waals surface area contributed by atoms with E-state index in [1.54, 1.807) is 29.2 Å². The number of hydrogen-bond acceptors (Lipinski definition) is 5. The SMILES string of the molecule is Cc1ccc(S(=O)(=O)N2CCCC2C(=O)N(Cc2ccccc2)C2CCS(=O)(=O)C2)cc1. The monoisotopic (exact) mass is 476 g/mol. The molecule has 0 radical (unpaired) electrons. The first-order chi connectivity index (χ1) is 15.2. The third-order valence-corrected chi connectivity index (χ3v) is 9.92. The molecule has 0 saturated carbocycles. The molecule has 4 rings (SSSR count). The van der Waals surface area contributed by atoms with Crippen LogP contribution in [0, 0.1) is 6.92 Å². The molecule has 0 bridgehead atoms. The van der Waals surface area contributed by atoms with Crippen LogP contribution in [0.5, 0.6) is 0 Å². The Labute approximate surface area is 190 Å². The lowest BCUT2D eigenvalue weighted by Gasteiger charge is -2.33. The molecule has 172 valence electrons. The van der Waals surface area contributed by atoms with Crippen molar-refractivity contribution < 1.29 is 21.6 Å². The molecule has 0 spiro atoms. The van der Waals surface area contributed by atoms with E-state index >= 15 is 0 Å². The van der Waals surface area contributed by atoms with Gasteiger partial charge in [0.15, 0.2) is 9.84 Å². The number of carbonyl (C=O) groups is 1. The van der Waals surface area contributed by atoms with Gasteiger partial charge in [0.25, 0.3) is 0 Å². The zero-order chi connectivity index (χ0) is 22.9. The fourth-order valence-corrected chi connectivity index (χ4v) is 7.88. The lowest BCUT2D eigenvalue weighted by atomic mass is 10.1. The zero-order valence-electron chi connectivity index (χ0n) is 18.1. The van der Waals surface area contributed by atoms with Crippen LogP contribution in [0.2, 0.25) is 0 Å². The van der Waals surface area contributed by atoms with Gasteiger partial charge in [0, 0.05) is 19.1 Å². The average Bonchev–Trinajstić information content (AvgIpc) is 3.39. The van der Waals surface area contributed by atoms with Crippen molar-refractivity contribution in [3.8, 4) is 0 Å². The van der Waals surface area contributed by atoms with Gasteiger partial charge in [-0.15, -0.1) is 0 Å². The molecule has 7 nitrogen and oxygen atoms in total. The Morgan fingerprint density at radius 2 is 1.75 bits per heavy atom. The summed E-state index contributed by atoms with van der Waals surface area (Å²) in [7, 11) is -7.04. The van der Waals surface area contributed by atoms with E-state index in [0.29, 0.717) is 19.3 Å². The first-order valence-electron chi connectivity index (χ1n) is 10.8. The number of rotatable bonds is 6. The molecule has 2 fully saturated rings. The van der Waals surface area contributed by atoms with Crippen LogP contribution in [-0.4, -0.2) is 62.1 Å². The Hall–Kier alpha value is -2.23. The highest BCUT2D eigenvalue weighted by Gasteiger charge is 2.44. The first-order valence-corrected chi connectivity index (χ1v) is 14.1. The Bertz CT molecular complexity index is 1180. The van der Waals surface area contributed by atoms with Crippen LogP contribution in [-0.2, 0) is 31.2 Å². The van der Waals surface area contributed by atoms with Crippen molar-refractivity contribution in [2.75, 3.05) is 18.1 Å². The van der Waals surface area contributed by atoms with Crippen molar-refractivity contribution in [1.82, 2.24) is 9.21 Å². The van der Waals surface area contributed by atoms with Crippen LogP contribution >= 0.6 is 0 Å². The van der Waals surface area contributed by atoms with Crippen molar-refractivity contribution >= 4 is 25.8 Å². The smallest absolute Gasteiger partial charge is 0.243 e. The summed E-state index contributed by atoms with van der Waals surface area (Å²) in [6, 6.07) is 14.7. The lowest BCUT2D eigenvalue weighted by Crippen LogP contribution is -2.51. The third-order valence-electron chi connectivity index (χ3n) is 6.24. The van der Waals surface area contributed by atoms with Crippen molar-refractivity contribution in [1.29, 1.82) is 0 Å². The number of benzene rings is 2. The van der Waals surface area contributed by atoms with E-state index < -0.39 is 31.9 Å². The molecule has 9 heteroatoms. The maximum Gasteiger partial charge on any atom is 0.243 e. The van der Waals surface area contributed by atoms with Crippen LogP contribution in [0.3, 0.4) is 0 Å². The number of aryl methyl sites for hydroxylation is 1. The molecular formula is C23H28N2O5S2. The summed E-state index contributed by atoms with van der Waals surface area (Å²) < 4.78 is 52.2. The summed E-state index contributed by atoms with van der Waals surface area (Å²) in [5.74, 6) is -0.348. The lowest BCUT2D eigenvalue weighted by molar-refractivity contribution is -0.137. The van der Waals surface area contributed by atoms with Crippen molar-refractivity contribution in [2.45, 2.75) is 49.7 Å². The molecule has 2 aliphatic rings.